The number of carbonyl (C=O) groups excluding carboxylic acids is 1. The molecule has 0 unspecified atom stereocenters. The maximum Gasteiger partial charge on any atom is 0.268 e. The van der Waals surface area contributed by atoms with Gasteiger partial charge in [-0.05, 0) is 30.3 Å². The summed E-state index contributed by atoms with van der Waals surface area (Å²) in [5.74, 6) is -0.101. The van der Waals surface area contributed by atoms with Crippen molar-refractivity contribution in [3.8, 4) is 5.75 Å². The van der Waals surface area contributed by atoms with Gasteiger partial charge < -0.3 is 4.74 Å². The van der Waals surface area contributed by atoms with Crippen molar-refractivity contribution in [2.45, 2.75) is 16.2 Å². The first-order chi connectivity index (χ1) is 12.2. The maximum absolute atomic E-state index is 13.3. The second-order valence-corrected chi connectivity index (χ2v) is 9.70. The van der Waals surface area contributed by atoms with Crippen molar-refractivity contribution in [3.05, 3.63) is 48.0 Å². The minimum Gasteiger partial charge on any atom is -0.495 e. The number of hydrogen-bond acceptors (Lipinski definition) is 6. The third-order valence-corrected chi connectivity index (χ3v) is 7.09. The third-order valence-electron chi connectivity index (χ3n) is 4.15. The molecular formula is C17H17NO6S2. The Bertz CT molecular complexity index is 1090. The number of hydrogen-bond donors (Lipinski definition) is 0. The van der Waals surface area contributed by atoms with Crippen molar-refractivity contribution in [1.29, 1.82) is 0 Å². The van der Waals surface area contributed by atoms with E-state index >= 15 is 0 Å². The van der Waals surface area contributed by atoms with E-state index in [2.05, 4.69) is 0 Å². The van der Waals surface area contributed by atoms with E-state index in [1.54, 1.807) is 24.3 Å². The molecule has 9 heteroatoms. The molecule has 0 saturated carbocycles. The van der Waals surface area contributed by atoms with Gasteiger partial charge in [-0.3, -0.25) is 9.10 Å². The highest BCUT2D eigenvalue weighted by Gasteiger charge is 2.34. The van der Waals surface area contributed by atoms with Crippen LogP contribution < -0.4 is 9.04 Å². The Morgan fingerprint density at radius 2 is 1.73 bits per heavy atom. The first-order valence-corrected chi connectivity index (χ1v) is 11.0. The van der Waals surface area contributed by atoms with Crippen LogP contribution in [0.1, 0.15) is 16.8 Å². The number of sulfone groups is 1. The first-order valence-electron chi connectivity index (χ1n) is 7.69. The summed E-state index contributed by atoms with van der Waals surface area (Å²) in [5.41, 5.74) is 0.594. The number of para-hydroxylation sites is 1. The van der Waals surface area contributed by atoms with Crippen LogP contribution in [0.2, 0.25) is 0 Å². The summed E-state index contributed by atoms with van der Waals surface area (Å²) in [6.45, 7) is -0.0234. The molecule has 138 valence electrons. The predicted molar refractivity (Wildman–Crippen MR) is 96.0 cm³/mol. The normalized spacial score (nSPS) is 14.8. The number of fused-ring (bicyclic) bond motifs is 1. The molecule has 26 heavy (non-hydrogen) atoms. The fourth-order valence-electron chi connectivity index (χ4n) is 2.84. The van der Waals surface area contributed by atoms with Gasteiger partial charge in [-0.1, -0.05) is 12.1 Å². The number of anilines is 1. The van der Waals surface area contributed by atoms with Crippen LogP contribution in [0.5, 0.6) is 5.75 Å². The van der Waals surface area contributed by atoms with Crippen molar-refractivity contribution < 1.29 is 26.4 Å². The number of benzene rings is 2. The van der Waals surface area contributed by atoms with Crippen LogP contribution in [0, 0.1) is 0 Å². The van der Waals surface area contributed by atoms with Crippen LogP contribution in [0.4, 0.5) is 5.69 Å². The summed E-state index contributed by atoms with van der Waals surface area (Å²) < 4.78 is 56.4. The number of ketones is 1. The minimum atomic E-state index is -4.13. The van der Waals surface area contributed by atoms with Crippen LogP contribution in [0.15, 0.2) is 52.3 Å². The van der Waals surface area contributed by atoms with Gasteiger partial charge in [-0.25, -0.2) is 16.8 Å². The third kappa shape index (κ3) is 3.08. The van der Waals surface area contributed by atoms with E-state index < -0.39 is 19.9 Å². The Morgan fingerprint density at radius 3 is 2.38 bits per heavy atom. The molecule has 0 aromatic heterocycles. The molecule has 2 aromatic carbocycles. The van der Waals surface area contributed by atoms with Crippen LogP contribution in [0.3, 0.4) is 0 Å². The van der Waals surface area contributed by atoms with E-state index in [-0.39, 0.29) is 40.0 Å². The topological polar surface area (TPSA) is 97.8 Å². The van der Waals surface area contributed by atoms with Gasteiger partial charge in [0.1, 0.15) is 10.6 Å². The summed E-state index contributed by atoms with van der Waals surface area (Å²) in [4.78, 5) is 11.7. The molecule has 0 radical (unpaired) electrons. The molecule has 0 saturated heterocycles. The van der Waals surface area contributed by atoms with Crippen LogP contribution in [-0.4, -0.2) is 42.5 Å². The van der Waals surface area contributed by atoms with Crippen LogP contribution in [-0.2, 0) is 19.9 Å². The monoisotopic (exact) mass is 395 g/mol. The second kappa shape index (κ2) is 6.40. The van der Waals surface area contributed by atoms with Gasteiger partial charge in [0.25, 0.3) is 10.0 Å². The molecule has 7 nitrogen and oxygen atoms in total. The minimum absolute atomic E-state index is 0.0234. The standard InChI is InChI=1S/C17H17NO6S2/c1-24-16-8-7-12(25(2,20)21)11-17(16)26(22,23)18-10-9-15(19)13-5-3-4-6-14(13)18/h3-8,11H,9-10H2,1-2H3. The number of ether oxygens (including phenoxy) is 1. The zero-order valence-corrected chi connectivity index (χ0v) is 15.8. The lowest BCUT2D eigenvalue weighted by molar-refractivity contribution is 0.0982. The largest absolute Gasteiger partial charge is 0.495 e. The molecule has 0 fully saturated rings. The molecule has 2 aromatic rings. The highest BCUT2D eigenvalue weighted by molar-refractivity contribution is 7.93. The first kappa shape index (κ1) is 18.4. The zero-order chi connectivity index (χ0) is 19.1. The lowest BCUT2D eigenvalue weighted by Crippen LogP contribution is -2.37. The molecule has 0 atom stereocenters. The van der Waals surface area contributed by atoms with Gasteiger partial charge in [0.05, 0.1) is 17.7 Å². The fourth-order valence-corrected chi connectivity index (χ4v) is 5.23. The van der Waals surface area contributed by atoms with Crippen molar-refractivity contribution in [2.75, 3.05) is 24.2 Å². The number of rotatable bonds is 4. The molecule has 0 N–H and O–H groups in total. The quantitative estimate of drug-likeness (QED) is 0.784. The van der Waals surface area contributed by atoms with Gasteiger partial charge in [-0.2, -0.15) is 0 Å². The van der Waals surface area contributed by atoms with Crippen molar-refractivity contribution in [2.24, 2.45) is 0 Å². The molecule has 0 spiro atoms. The Hall–Kier alpha value is -2.39. The molecule has 1 heterocycles. The number of carbonyl (C=O) groups is 1. The Morgan fingerprint density at radius 1 is 1.04 bits per heavy atom. The summed E-state index contributed by atoms with van der Waals surface area (Å²) in [7, 11) is -6.43. The van der Waals surface area contributed by atoms with Gasteiger partial charge in [0.15, 0.2) is 15.6 Å². The van der Waals surface area contributed by atoms with Gasteiger partial charge in [0.2, 0.25) is 0 Å². The van der Waals surface area contributed by atoms with Crippen molar-refractivity contribution in [3.63, 3.8) is 0 Å². The number of sulfonamides is 1. The predicted octanol–water partition coefficient (Wildman–Crippen LogP) is 1.88. The van der Waals surface area contributed by atoms with E-state index in [1.165, 1.54) is 19.2 Å². The molecule has 3 rings (SSSR count). The Balaban J connectivity index is 2.21. The van der Waals surface area contributed by atoms with E-state index in [4.69, 9.17) is 4.74 Å². The fraction of sp³-hybridized carbons (Fsp3) is 0.235. The Kier molecular flexibility index (Phi) is 4.53. The smallest absolute Gasteiger partial charge is 0.268 e. The van der Waals surface area contributed by atoms with E-state index in [1.807, 2.05) is 0 Å². The summed E-state index contributed by atoms with van der Waals surface area (Å²) >= 11 is 0. The maximum atomic E-state index is 13.3. The highest BCUT2D eigenvalue weighted by atomic mass is 32.2. The van der Waals surface area contributed by atoms with Gasteiger partial charge in [-0.15, -0.1) is 0 Å². The molecule has 1 aliphatic heterocycles. The van der Waals surface area contributed by atoms with E-state index in [9.17, 15) is 21.6 Å². The lowest BCUT2D eigenvalue weighted by Gasteiger charge is -2.30. The summed E-state index contributed by atoms with van der Waals surface area (Å²) in [6, 6.07) is 10.1. The van der Waals surface area contributed by atoms with Gasteiger partial charge >= 0.3 is 0 Å². The van der Waals surface area contributed by atoms with E-state index in [0.717, 1.165) is 16.6 Å². The number of methoxy groups -OCH3 is 1. The lowest BCUT2D eigenvalue weighted by atomic mass is 10.0. The van der Waals surface area contributed by atoms with Crippen LogP contribution >= 0.6 is 0 Å². The highest BCUT2D eigenvalue weighted by Crippen LogP contribution is 2.35. The summed E-state index contributed by atoms with van der Waals surface area (Å²) in [6.07, 6.45) is 1.05. The van der Waals surface area contributed by atoms with Crippen LogP contribution in [0.25, 0.3) is 0 Å². The molecule has 0 aliphatic carbocycles. The average molecular weight is 395 g/mol. The second-order valence-electron chi connectivity index (χ2n) is 5.85. The Labute approximate surface area is 152 Å². The van der Waals surface area contributed by atoms with E-state index in [0.29, 0.717) is 5.56 Å². The molecule has 0 bridgehead atoms. The van der Waals surface area contributed by atoms with Gasteiger partial charge in [0, 0.05) is 24.8 Å². The van der Waals surface area contributed by atoms with Crippen molar-refractivity contribution in [1.82, 2.24) is 0 Å². The SMILES string of the molecule is COc1ccc(S(C)(=O)=O)cc1S(=O)(=O)N1CCC(=O)c2ccccc21. The van der Waals surface area contributed by atoms with Crippen molar-refractivity contribution >= 4 is 31.3 Å². The molecule has 1 aliphatic rings. The zero-order valence-electron chi connectivity index (χ0n) is 14.2. The average Bonchev–Trinajstić information content (AvgIpc) is 2.60. The summed E-state index contributed by atoms with van der Waals surface area (Å²) in [5, 5.41) is 0. The number of Topliss-reactive ketones (excluding diaryl/α,β-unsaturated/α-hetero) is 1. The number of nitrogens with zero attached hydrogens (tertiary/aromatic N) is 1. The molecule has 0 amide bonds. The molecular weight excluding hydrogens is 378 g/mol.